The molecule has 1 amide bonds. The number of amides is 1. The van der Waals surface area contributed by atoms with Crippen molar-refractivity contribution in [3.05, 3.63) is 16.8 Å². The number of nitrogens with one attached hydrogen (secondary N) is 1. The lowest BCUT2D eigenvalue weighted by Crippen LogP contribution is -2.36. The maximum absolute atomic E-state index is 11.5. The lowest BCUT2D eigenvalue weighted by atomic mass is 10.0. The van der Waals surface area contributed by atoms with Gasteiger partial charge < -0.3 is 11.1 Å². The average Bonchev–Trinajstić information content (AvgIpc) is 2.55. The average molecular weight is 249 g/mol. The summed E-state index contributed by atoms with van der Waals surface area (Å²) >= 11 is 1.55. The topological polar surface area (TPSA) is 55.1 Å². The lowest BCUT2D eigenvalue weighted by Gasteiger charge is -2.13. The molecule has 5 heteroatoms. The van der Waals surface area contributed by atoms with Crippen molar-refractivity contribution in [2.24, 2.45) is 11.7 Å². The van der Waals surface area contributed by atoms with Gasteiger partial charge in [-0.2, -0.15) is 11.3 Å². The number of carbonyl (C=O) groups excluding carboxylic acids is 1. The van der Waals surface area contributed by atoms with Gasteiger partial charge in [0.2, 0.25) is 5.91 Å². The fourth-order valence-corrected chi connectivity index (χ4v) is 1.77. The van der Waals surface area contributed by atoms with Gasteiger partial charge in [0.05, 0.1) is 11.7 Å². The monoisotopic (exact) mass is 248 g/mol. The molecule has 15 heavy (non-hydrogen) atoms. The molecule has 0 spiro atoms. The van der Waals surface area contributed by atoms with E-state index in [0.717, 1.165) is 12.1 Å². The molecule has 0 unspecified atom stereocenters. The molecule has 0 saturated heterocycles. The molecule has 1 rings (SSSR count). The van der Waals surface area contributed by atoms with Crippen molar-refractivity contribution in [1.29, 1.82) is 0 Å². The predicted octanol–water partition coefficient (Wildman–Crippen LogP) is 2.48. The van der Waals surface area contributed by atoms with Gasteiger partial charge in [-0.05, 0) is 23.8 Å². The Morgan fingerprint density at radius 1 is 1.60 bits per heavy atom. The second-order valence-corrected chi connectivity index (χ2v) is 4.52. The van der Waals surface area contributed by atoms with Gasteiger partial charge in [-0.15, -0.1) is 12.4 Å². The van der Waals surface area contributed by atoms with E-state index in [1.54, 1.807) is 11.3 Å². The Morgan fingerprint density at radius 3 is 2.73 bits per heavy atom. The highest BCUT2D eigenvalue weighted by atomic mass is 35.5. The van der Waals surface area contributed by atoms with Crippen LogP contribution in [0.3, 0.4) is 0 Å². The van der Waals surface area contributed by atoms with Crippen molar-refractivity contribution in [2.45, 2.75) is 26.3 Å². The highest BCUT2D eigenvalue weighted by Gasteiger charge is 2.14. The molecular weight excluding hydrogens is 232 g/mol. The minimum atomic E-state index is -0.408. The molecule has 3 N–H and O–H groups in total. The van der Waals surface area contributed by atoms with E-state index < -0.39 is 6.04 Å². The standard InChI is InChI=1S/C10H16N2OS.ClH/c1-7(2)5-9(11)10(13)12-8-3-4-14-6-8;/h3-4,6-7,9H,5,11H2,1-2H3,(H,12,13);1H/t9-;/m0./s1. The van der Waals surface area contributed by atoms with Crippen LogP contribution in [-0.4, -0.2) is 11.9 Å². The third-order valence-corrected chi connectivity index (χ3v) is 2.53. The molecule has 0 bridgehead atoms. The molecule has 0 aliphatic heterocycles. The summed E-state index contributed by atoms with van der Waals surface area (Å²) in [6.07, 6.45) is 0.718. The Labute approximate surface area is 100 Å². The maximum Gasteiger partial charge on any atom is 0.241 e. The second kappa shape index (κ2) is 6.82. The molecule has 1 heterocycles. The molecule has 0 radical (unpaired) electrons. The smallest absolute Gasteiger partial charge is 0.241 e. The first-order chi connectivity index (χ1) is 6.59. The first-order valence-corrected chi connectivity index (χ1v) is 5.62. The summed E-state index contributed by atoms with van der Waals surface area (Å²) < 4.78 is 0. The van der Waals surface area contributed by atoms with Crippen molar-refractivity contribution in [2.75, 3.05) is 5.32 Å². The van der Waals surface area contributed by atoms with Crippen molar-refractivity contribution in [1.82, 2.24) is 0 Å². The summed E-state index contributed by atoms with van der Waals surface area (Å²) in [5.41, 5.74) is 6.56. The van der Waals surface area contributed by atoms with E-state index >= 15 is 0 Å². The third kappa shape index (κ3) is 5.16. The van der Waals surface area contributed by atoms with Gasteiger partial charge in [-0.1, -0.05) is 13.8 Å². The van der Waals surface area contributed by atoms with Gasteiger partial charge in [-0.3, -0.25) is 4.79 Å². The minimum Gasteiger partial charge on any atom is -0.324 e. The van der Waals surface area contributed by atoms with Crippen molar-refractivity contribution in [3.8, 4) is 0 Å². The van der Waals surface area contributed by atoms with Crippen molar-refractivity contribution in [3.63, 3.8) is 0 Å². The van der Waals surface area contributed by atoms with Crippen LogP contribution in [0.1, 0.15) is 20.3 Å². The van der Waals surface area contributed by atoms with Crippen molar-refractivity contribution < 1.29 is 4.79 Å². The van der Waals surface area contributed by atoms with Crippen LogP contribution in [0.2, 0.25) is 0 Å². The normalized spacial score (nSPS) is 12.0. The predicted molar refractivity (Wildman–Crippen MR) is 67.6 cm³/mol. The van der Waals surface area contributed by atoms with Crippen LogP contribution >= 0.6 is 23.7 Å². The maximum atomic E-state index is 11.5. The van der Waals surface area contributed by atoms with E-state index in [2.05, 4.69) is 19.2 Å². The van der Waals surface area contributed by atoms with Gasteiger partial charge in [0, 0.05) is 5.38 Å². The van der Waals surface area contributed by atoms with Gasteiger partial charge in [0.1, 0.15) is 0 Å². The SMILES string of the molecule is CC(C)C[C@H](N)C(=O)Nc1ccsc1.Cl. The van der Waals surface area contributed by atoms with Gasteiger partial charge >= 0.3 is 0 Å². The minimum absolute atomic E-state index is 0. The van der Waals surface area contributed by atoms with Crippen LogP contribution in [0.4, 0.5) is 5.69 Å². The van der Waals surface area contributed by atoms with E-state index in [1.807, 2.05) is 16.8 Å². The summed E-state index contributed by atoms with van der Waals surface area (Å²) in [7, 11) is 0. The first-order valence-electron chi connectivity index (χ1n) is 4.68. The largest absolute Gasteiger partial charge is 0.324 e. The Balaban J connectivity index is 0.00000196. The first kappa shape index (κ1) is 14.4. The molecule has 1 aromatic heterocycles. The summed E-state index contributed by atoms with van der Waals surface area (Å²) in [6, 6.07) is 1.46. The van der Waals surface area contributed by atoms with E-state index in [-0.39, 0.29) is 18.3 Å². The zero-order valence-corrected chi connectivity index (χ0v) is 10.5. The number of halogens is 1. The molecule has 0 fully saturated rings. The number of carbonyl (C=O) groups is 1. The number of thiophene rings is 1. The summed E-state index contributed by atoms with van der Waals surface area (Å²) in [6.45, 7) is 4.11. The third-order valence-electron chi connectivity index (χ3n) is 1.85. The zero-order valence-electron chi connectivity index (χ0n) is 8.90. The Bertz CT molecular complexity index is 288. The van der Waals surface area contributed by atoms with Crippen LogP contribution in [0, 0.1) is 5.92 Å². The fraction of sp³-hybridized carbons (Fsp3) is 0.500. The molecule has 1 aromatic rings. The molecule has 1 atom stereocenters. The Kier molecular flexibility index (Phi) is 6.56. The molecule has 0 aliphatic carbocycles. The van der Waals surface area contributed by atoms with Crippen LogP contribution < -0.4 is 11.1 Å². The van der Waals surface area contributed by atoms with Gasteiger partial charge in [0.25, 0.3) is 0 Å². The number of rotatable bonds is 4. The molecule has 0 aliphatic rings. The number of hydrogen-bond donors (Lipinski definition) is 2. The number of anilines is 1. The molecule has 0 saturated carbocycles. The van der Waals surface area contributed by atoms with E-state index in [4.69, 9.17) is 5.73 Å². The van der Waals surface area contributed by atoms with E-state index in [0.29, 0.717) is 5.92 Å². The molecule has 3 nitrogen and oxygen atoms in total. The Morgan fingerprint density at radius 2 is 2.27 bits per heavy atom. The molecular formula is C10H17ClN2OS. The lowest BCUT2D eigenvalue weighted by molar-refractivity contribution is -0.117. The summed E-state index contributed by atoms with van der Waals surface area (Å²) in [5, 5.41) is 6.58. The highest BCUT2D eigenvalue weighted by Crippen LogP contribution is 2.12. The zero-order chi connectivity index (χ0) is 10.6. The van der Waals surface area contributed by atoms with E-state index in [9.17, 15) is 4.79 Å². The van der Waals surface area contributed by atoms with Crippen LogP contribution in [0.15, 0.2) is 16.8 Å². The molecule has 0 aromatic carbocycles. The molecule has 86 valence electrons. The fourth-order valence-electron chi connectivity index (χ4n) is 1.19. The van der Waals surface area contributed by atoms with Gasteiger partial charge in [0.15, 0.2) is 0 Å². The number of nitrogens with two attached hydrogens (primary N) is 1. The highest BCUT2D eigenvalue weighted by molar-refractivity contribution is 7.08. The van der Waals surface area contributed by atoms with Gasteiger partial charge in [-0.25, -0.2) is 0 Å². The summed E-state index contributed by atoms with van der Waals surface area (Å²) in [5.74, 6) is 0.343. The Hall–Kier alpha value is -0.580. The quantitative estimate of drug-likeness (QED) is 0.860. The summed E-state index contributed by atoms with van der Waals surface area (Å²) in [4.78, 5) is 11.5. The van der Waals surface area contributed by atoms with Crippen molar-refractivity contribution >= 4 is 35.3 Å². The number of hydrogen-bond acceptors (Lipinski definition) is 3. The van der Waals surface area contributed by atoms with Crippen LogP contribution in [-0.2, 0) is 4.79 Å². The van der Waals surface area contributed by atoms with Crippen LogP contribution in [0.5, 0.6) is 0 Å². The van der Waals surface area contributed by atoms with Crippen LogP contribution in [0.25, 0.3) is 0 Å². The second-order valence-electron chi connectivity index (χ2n) is 3.74. The van der Waals surface area contributed by atoms with E-state index in [1.165, 1.54) is 0 Å².